The van der Waals surface area contributed by atoms with E-state index in [1.807, 2.05) is 24.3 Å². The molecule has 0 aromatic heterocycles. The smallest absolute Gasteiger partial charge is 0.252 e. The zero-order valence-corrected chi connectivity index (χ0v) is 14.5. The zero-order valence-electron chi connectivity index (χ0n) is 12.3. The Hall–Kier alpha value is -1.62. The highest BCUT2D eigenvalue weighted by molar-refractivity contribution is 14.1. The Kier molecular flexibility index (Phi) is 4.93. The van der Waals surface area contributed by atoms with Gasteiger partial charge in [0.15, 0.2) is 0 Å². The van der Waals surface area contributed by atoms with Gasteiger partial charge in [-0.25, -0.2) is 0 Å². The van der Waals surface area contributed by atoms with E-state index in [4.69, 9.17) is 0 Å². The molecule has 0 aliphatic heterocycles. The third kappa shape index (κ3) is 3.40. The minimum Gasteiger partial charge on any atom is -0.352 e. The first-order valence-electron chi connectivity index (χ1n) is 7.56. The summed E-state index contributed by atoms with van der Waals surface area (Å²) in [4.78, 5) is 12.2. The molecule has 1 aliphatic rings. The van der Waals surface area contributed by atoms with Crippen LogP contribution in [0.15, 0.2) is 48.5 Å². The van der Waals surface area contributed by atoms with E-state index < -0.39 is 0 Å². The molecule has 3 rings (SSSR count). The number of benzene rings is 2. The fourth-order valence-electron chi connectivity index (χ4n) is 2.81. The number of nitrogens with one attached hydrogen (secondary N) is 1. The molecule has 1 N–H and O–H groups in total. The van der Waals surface area contributed by atoms with Crippen LogP contribution in [0, 0.1) is 3.57 Å². The normalized spacial score (nSPS) is 12.8. The number of amides is 1. The van der Waals surface area contributed by atoms with E-state index in [-0.39, 0.29) is 5.91 Å². The molecule has 0 bridgehead atoms. The fraction of sp³-hybridized carbons (Fsp3) is 0.211. The summed E-state index contributed by atoms with van der Waals surface area (Å²) in [6.45, 7) is 0.661. The number of allylic oxidation sites excluding steroid dienone is 1. The molecular formula is C19H18INO. The van der Waals surface area contributed by atoms with Crippen LogP contribution in [-0.2, 0) is 12.8 Å². The molecule has 0 saturated carbocycles. The van der Waals surface area contributed by atoms with E-state index in [0.29, 0.717) is 6.54 Å². The molecule has 0 atom stereocenters. The van der Waals surface area contributed by atoms with Crippen molar-refractivity contribution in [1.82, 2.24) is 5.32 Å². The number of hydrogen-bond donors (Lipinski definition) is 1. The van der Waals surface area contributed by atoms with Gasteiger partial charge in [-0.15, -0.1) is 0 Å². The quantitative estimate of drug-likeness (QED) is 0.761. The van der Waals surface area contributed by atoms with E-state index in [1.165, 1.54) is 16.7 Å². The Labute approximate surface area is 144 Å². The van der Waals surface area contributed by atoms with Crippen molar-refractivity contribution in [2.24, 2.45) is 0 Å². The highest BCUT2D eigenvalue weighted by atomic mass is 127. The number of halogens is 1. The second kappa shape index (κ2) is 7.09. The van der Waals surface area contributed by atoms with Crippen LogP contribution in [0.3, 0.4) is 0 Å². The van der Waals surface area contributed by atoms with Gasteiger partial charge in [0.2, 0.25) is 0 Å². The van der Waals surface area contributed by atoms with E-state index in [0.717, 1.165) is 28.4 Å². The zero-order chi connectivity index (χ0) is 15.4. The highest BCUT2D eigenvalue weighted by Crippen LogP contribution is 2.23. The summed E-state index contributed by atoms with van der Waals surface area (Å²) in [7, 11) is 0. The maximum absolute atomic E-state index is 12.2. The molecule has 0 spiro atoms. The lowest BCUT2D eigenvalue weighted by Crippen LogP contribution is -2.26. The molecule has 1 amide bonds. The van der Waals surface area contributed by atoms with Crippen LogP contribution in [0.25, 0.3) is 6.08 Å². The van der Waals surface area contributed by atoms with Crippen molar-refractivity contribution >= 4 is 34.6 Å². The van der Waals surface area contributed by atoms with Gasteiger partial charge >= 0.3 is 0 Å². The second-order valence-corrected chi connectivity index (χ2v) is 6.58. The summed E-state index contributed by atoms with van der Waals surface area (Å²) in [5.41, 5.74) is 4.83. The van der Waals surface area contributed by atoms with Gasteiger partial charge in [0.1, 0.15) is 0 Å². The van der Waals surface area contributed by atoms with Crippen LogP contribution in [0.1, 0.15) is 33.5 Å². The van der Waals surface area contributed by atoms with Crippen LogP contribution in [-0.4, -0.2) is 12.5 Å². The fourth-order valence-corrected chi connectivity index (χ4v) is 3.44. The molecule has 3 heteroatoms. The minimum absolute atomic E-state index is 0.00495. The molecule has 0 heterocycles. The maximum Gasteiger partial charge on any atom is 0.252 e. The van der Waals surface area contributed by atoms with Gasteiger partial charge in [0.05, 0.1) is 5.56 Å². The Morgan fingerprint density at radius 3 is 2.86 bits per heavy atom. The van der Waals surface area contributed by atoms with Crippen molar-refractivity contribution < 1.29 is 4.79 Å². The summed E-state index contributed by atoms with van der Waals surface area (Å²) in [5, 5.41) is 3.03. The molecule has 0 unspecified atom stereocenters. The van der Waals surface area contributed by atoms with Crippen LogP contribution in [0.4, 0.5) is 0 Å². The predicted molar refractivity (Wildman–Crippen MR) is 99.0 cm³/mol. The second-order valence-electron chi connectivity index (χ2n) is 5.42. The van der Waals surface area contributed by atoms with Gasteiger partial charge in [-0.1, -0.05) is 42.5 Å². The van der Waals surface area contributed by atoms with Gasteiger partial charge in [-0.05, 0) is 70.7 Å². The average Bonchev–Trinajstić information content (AvgIpc) is 2.55. The number of carbonyl (C=O) groups is 1. The van der Waals surface area contributed by atoms with E-state index >= 15 is 0 Å². The standard InChI is InChI=1S/C19H18INO/c20-18-11-4-3-10-17(18)19(22)21-13-12-15-8-5-7-14-6-1-2-9-16(14)15/h2-5,7-11H,1,6,12-13H2,(H,21,22). The largest absolute Gasteiger partial charge is 0.352 e. The van der Waals surface area contributed by atoms with Crippen molar-refractivity contribution in [3.05, 3.63) is 74.4 Å². The number of rotatable bonds is 4. The van der Waals surface area contributed by atoms with Gasteiger partial charge in [0.25, 0.3) is 5.91 Å². The lowest BCUT2D eigenvalue weighted by atomic mass is 9.92. The lowest BCUT2D eigenvalue weighted by Gasteiger charge is -2.15. The summed E-state index contributed by atoms with van der Waals surface area (Å²) in [6, 6.07) is 14.1. The molecule has 112 valence electrons. The number of hydrogen-bond acceptors (Lipinski definition) is 1. The van der Waals surface area contributed by atoms with Crippen molar-refractivity contribution in [3.63, 3.8) is 0 Å². The van der Waals surface area contributed by atoms with Crippen LogP contribution in [0.2, 0.25) is 0 Å². The van der Waals surface area contributed by atoms with E-state index in [1.54, 1.807) is 0 Å². The molecule has 22 heavy (non-hydrogen) atoms. The van der Waals surface area contributed by atoms with E-state index in [2.05, 4.69) is 58.3 Å². The molecular weight excluding hydrogens is 385 g/mol. The molecule has 0 fully saturated rings. The van der Waals surface area contributed by atoms with Crippen molar-refractivity contribution in [2.75, 3.05) is 6.54 Å². The van der Waals surface area contributed by atoms with Gasteiger partial charge < -0.3 is 5.32 Å². The summed E-state index contributed by atoms with van der Waals surface area (Å²) >= 11 is 2.20. The Morgan fingerprint density at radius 1 is 1.14 bits per heavy atom. The average molecular weight is 403 g/mol. The molecule has 0 saturated heterocycles. The predicted octanol–water partition coefficient (Wildman–Crippen LogP) is 4.22. The number of carbonyl (C=O) groups excluding carboxylic acids is 1. The summed E-state index contributed by atoms with van der Waals surface area (Å²) < 4.78 is 0.984. The monoisotopic (exact) mass is 403 g/mol. The number of fused-ring (bicyclic) bond motifs is 1. The minimum atomic E-state index is 0.00495. The maximum atomic E-state index is 12.2. The summed E-state index contributed by atoms with van der Waals surface area (Å²) in [6.07, 6.45) is 7.56. The topological polar surface area (TPSA) is 29.1 Å². The van der Waals surface area contributed by atoms with Crippen molar-refractivity contribution in [1.29, 1.82) is 0 Å². The first-order valence-corrected chi connectivity index (χ1v) is 8.63. The van der Waals surface area contributed by atoms with Gasteiger partial charge in [-0.2, -0.15) is 0 Å². The third-order valence-electron chi connectivity index (χ3n) is 3.95. The molecule has 0 radical (unpaired) electrons. The Bertz CT molecular complexity index is 721. The first-order chi connectivity index (χ1) is 10.8. The van der Waals surface area contributed by atoms with Gasteiger partial charge in [0, 0.05) is 10.1 Å². The molecule has 2 nitrogen and oxygen atoms in total. The summed E-state index contributed by atoms with van der Waals surface area (Å²) in [5.74, 6) is 0.00495. The number of aryl methyl sites for hydroxylation is 1. The van der Waals surface area contributed by atoms with Gasteiger partial charge in [-0.3, -0.25) is 4.79 Å². The Morgan fingerprint density at radius 2 is 2.00 bits per heavy atom. The third-order valence-corrected chi connectivity index (χ3v) is 4.89. The Balaban J connectivity index is 1.64. The first kappa shape index (κ1) is 15.3. The van der Waals surface area contributed by atoms with Crippen LogP contribution >= 0.6 is 22.6 Å². The van der Waals surface area contributed by atoms with Crippen molar-refractivity contribution in [2.45, 2.75) is 19.3 Å². The lowest BCUT2D eigenvalue weighted by molar-refractivity contribution is 0.0953. The van der Waals surface area contributed by atoms with Crippen LogP contribution < -0.4 is 5.32 Å². The highest BCUT2D eigenvalue weighted by Gasteiger charge is 2.11. The SMILES string of the molecule is O=C(NCCc1cccc2c1C=CCC2)c1ccccc1I. The van der Waals surface area contributed by atoms with E-state index in [9.17, 15) is 4.79 Å². The molecule has 2 aromatic carbocycles. The van der Waals surface area contributed by atoms with Crippen LogP contribution in [0.5, 0.6) is 0 Å². The molecule has 2 aromatic rings. The molecule has 1 aliphatic carbocycles. The van der Waals surface area contributed by atoms with Crippen molar-refractivity contribution in [3.8, 4) is 0 Å².